The summed E-state index contributed by atoms with van der Waals surface area (Å²) < 4.78 is 0. The molecule has 6 nitrogen and oxygen atoms in total. The predicted molar refractivity (Wildman–Crippen MR) is 80.6 cm³/mol. The van der Waals surface area contributed by atoms with Gasteiger partial charge in [-0.15, -0.1) is 0 Å². The monoisotopic (exact) mass is 278 g/mol. The number of amides is 2. The highest BCUT2D eigenvalue weighted by Crippen LogP contribution is 2.24. The van der Waals surface area contributed by atoms with E-state index in [0.717, 1.165) is 12.8 Å². The van der Waals surface area contributed by atoms with Crippen LogP contribution >= 0.6 is 0 Å². The highest BCUT2D eigenvalue weighted by molar-refractivity contribution is 6.00. The summed E-state index contributed by atoms with van der Waals surface area (Å²) in [5.41, 5.74) is 12.7. The number of unbranched alkanes of at least 4 members (excludes halogenated alkanes) is 1. The Morgan fingerprint density at radius 3 is 2.60 bits per heavy atom. The minimum absolute atomic E-state index is 0.0629. The van der Waals surface area contributed by atoms with Gasteiger partial charge in [-0.2, -0.15) is 0 Å². The van der Waals surface area contributed by atoms with Crippen LogP contribution in [0.4, 0.5) is 11.4 Å². The van der Waals surface area contributed by atoms with Crippen LogP contribution in [0.1, 0.15) is 30.1 Å². The van der Waals surface area contributed by atoms with Crippen LogP contribution < -0.4 is 21.7 Å². The molecule has 0 radical (unpaired) electrons. The first-order chi connectivity index (χ1) is 9.49. The number of primary amides is 1. The third-order valence-corrected chi connectivity index (χ3v) is 2.96. The average Bonchev–Trinajstić information content (AvgIpc) is 2.42. The first-order valence-corrected chi connectivity index (χ1v) is 6.64. The molecule has 0 fully saturated rings. The summed E-state index contributed by atoms with van der Waals surface area (Å²) >= 11 is 0. The van der Waals surface area contributed by atoms with Gasteiger partial charge in [0.05, 0.1) is 17.8 Å². The molecule has 0 aromatic heterocycles. The molecule has 0 saturated heterocycles. The zero-order valence-corrected chi connectivity index (χ0v) is 12.0. The van der Waals surface area contributed by atoms with Gasteiger partial charge in [-0.05, 0) is 24.6 Å². The van der Waals surface area contributed by atoms with Gasteiger partial charge in [0.15, 0.2) is 0 Å². The van der Waals surface area contributed by atoms with E-state index in [1.807, 2.05) is 0 Å². The van der Waals surface area contributed by atoms with Gasteiger partial charge in [0.1, 0.15) is 0 Å². The van der Waals surface area contributed by atoms with Gasteiger partial charge < -0.3 is 21.7 Å². The van der Waals surface area contributed by atoms with Crippen molar-refractivity contribution < 1.29 is 9.59 Å². The summed E-state index contributed by atoms with van der Waals surface area (Å²) in [6.07, 6.45) is 1.88. The molecule has 0 aliphatic rings. The smallest absolute Gasteiger partial charge is 0.253 e. The van der Waals surface area contributed by atoms with Crippen molar-refractivity contribution in [2.45, 2.75) is 19.8 Å². The molecule has 110 valence electrons. The number of nitrogen functional groups attached to an aromatic ring is 1. The fourth-order valence-electron chi connectivity index (χ4n) is 1.96. The number of nitrogens with one attached hydrogen (secondary N) is 1. The molecule has 1 aromatic rings. The zero-order valence-electron chi connectivity index (χ0n) is 12.0. The van der Waals surface area contributed by atoms with Crippen LogP contribution in [-0.4, -0.2) is 32.0 Å². The summed E-state index contributed by atoms with van der Waals surface area (Å²) in [5.74, 6) is -0.655. The van der Waals surface area contributed by atoms with Gasteiger partial charge in [0, 0.05) is 19.3 Å². The molecule has 1 rings (SSSR count). The van der Waals surface area contributed by atoms with Gasteiger partial charge in [-0.1, -0.05) is 13.3 Å². The number of nitrogens with zero attached hydrogens (tertiary/aromatic N) is 1. The second-order valence-electron chi connectivity index (χ2n) is 4.60. The van der Waals surface area contributed by atoms with Gasteiger partial charge in [-0.3, -0.25) is 9.59 Å². The molecule has 6 heteroatoms. The maximum atomic E-state index is 11.9. The van der Waals surface area contributed by atoms with Crippen LogP contribution in [0.5, 0.6) is 0 Å². The number of hydrogen-bond acceptors (Lipinski definition) is 4. The summed E-state index contributed by atoms with van der Waals surface area (Å²) in [4.78, 5) is 24.9. The third-order valence-electron chi connectivity index (χ3n) is 2.96. The number of benzene rings is 1. The van der Waals surface area contributed by atoms with Gasteiger partial charge in [0.2, 0.25) is 5.91 Å². The van der Waals surface area contributed by atoms with Crippen molar-refractivity contribution in [2.24, 2.45) is 5.73 Å². The number of hydrogen-bond donors (Lipinski definition) is 3. The van der Waals surface area contributed by atoms with Crippen molar-refractivity contribution in [2.75, 3.05) is 30.8 Å². The Morgan fingerprint density at radius 1 is 1.35 bits per heavy atom. The molecule has 20 heavy (non-hydrogen) atoms. The second-order valence-corrected chi connectivity index (χ2v) is 4.60. The number of anilines is 2. The van der Waals surface area contributed by atoms with E-state index in [0.29, 0.717) is 23.5 Å². The Morgan fingerprint density at radius 2 is 2.05 bits per heavy atom. The number of carbonyl (C=O) groups is 2. The first-order valence-electron chi connectivity index (χ1n) is 6.64. The van der Waals surface area contributed by atoms with Crippen molar-refractivity contribution in [3.8, 4) is 0 Å². The largest absolute Gasteiger partial charge is 0.399 e. The molecule has 1 aromatic carbocycles. The molecule has 0 heterocycles. The van der Waals surface area contributed by atoms with Crippen molar-refractivity contribution in [1.29, 1.82) is 0 Å². The van der Waals surface area contributed by atoms with Crippen LogP contribution in [0.2, 0.25) is 0 Å². The maximum absolute atomic E-state index is 11.9. The van der Waals surface area contributed by atoms with E-state index >= 15 is 0 Å². The number of rotatable bonds is 7. The Labute approximate surface area is 119 Å². The van der Waals surface area contributed by atoms with Gasteiger partial charge in [0.25, 0.3) is 5.91 Å². The van der Waals surface area contributed by atoms with Crippen molar-refractivity contribution in [3.05, 3.63) is 23.8 Å². The first kappa shape index (κ1) is 15.8. The van der Waals surface area contributed by atoms with E-state index < -0.39 is 5.91 Å². The van der Waals surface area contributed by atoms with Crippen molar-refractivity contribution in [3.63, 3.8) is 0 Å². The topological polar surface area (TPSA) is 101 Å². The maximum Gasteiger partial charge on any atom is 0.253 e. The Kier molecular flexibility index (Phi) is 5.83. The van der Waals surface area contributed by atoms with E-state index in [-0.39, 0.29) is 12.5 Å². The molecular formula is C14H22N4O2. The normalized spacial score (nSPS) is 10.1. The molecule has 5 N–H and O–H groups in total. The lowest BCUT2D eigenvalue weighted by Gasteiger charge is -2.25. The molecule has 0 saturated carbocycles. The molecule has 2 amide bonds. The lowest BCUT2D eigenvalue weighted by atomic mass is 10.1. The highest BCUT2D eigenvalue weighted by Gasteiger charge is 2.17. The second kappa shape index (κ2) is 7.37. The van der Waals surface area contributed by atoms with Gasteiger partial charge >= 0.3 is 0 Å². The average molecular weight is 278 g/mol. The minimum Gasteiger partial charge on any atom is -0.399 e. The van der Waals surface area contributed by atoms with E-state index in [1.54, 1.807) is 30.1 Å². The molecule has 0 bridgehead atoms. The summed E-state index contributed by atoms with van der Waals surface area (Å²) in [5, 5.41) is 2.58. The lowest BCUT2D eigenvalue weighted by Crippen LogP contribution is -2.36. The summed E-state index contributed by atoms with van der Waals surface area (Å²) in [7, 11) is 1.56. The van der Waals surface area contributed by atoms with Crippen LogP contribution in [-0.2, 0) is 4.79 Å². The SMILES string of the molecule is CCCCN(CC(N)=O)c1cc(N)ccc1C(=O)NC. The van der Waals surface area contributed by atoms with Gasteiger partial charge in [-0.25, -0.2) is 0 Å². The van der Waals surface area contributed by atoms with Crippen LogP contribution in [0, 0.1) is 0 Å². The van der Waals surface area contributed by atoms with E-state index in [9.17, 15) is 9.59 Å². The van der Waals surface area contributed by atoms with Crippen LogP contribution in [0.15, 0.2) is 18.2 Å². The molecule has 0 unspecified atom stereocenters. The minimum atomic E-state index is -0.439. The number of carbonyl (C=O) groups excluding carboxylic acids is 2. The quantitative estimate of drug-likeness (QED) is 0.640. The predicted octanol–water partition coefficient (Wildman–Crippen LogP) is 0.720. The summed E-state index contributed by atoms with van der Waals surface area (Å²) in [6, 6.07) is 5.02. The fourth-order valence-corrected chi connectivity index (χ4v) is 1.96. The lowest BCUT2D eigenvalue weighted by molar-refractivity contribution is -0.116. The van der Waals surface area contributed by atoms with Crippen LogP contribution in [0.25, 0.3) is 0 Å². The Hall–Kier alpha value is -2.24. The molecule has 0 aliphatic heterocycles. The Bertz CT molecular complexity index is 488. The van der Waals surface area contributed by atoms with E-state index in [4.69, 9.17) is 11.5 Å². The highest BCUT2D eigenvalue weighted by atomic mass is 16.2. The van der Waals surface area contributed by atoms with E-state index in [2.05, 4.69) is 12.2 Å². The molecule has 0 atom stereocenters. The summed E-state index contributed by atoms with van der Waals surface area (Å²) in [6.45, 7) is 2.77. The zero-order chi connectivity index (χ0) is 15.1. The molecule has 0 spiro atoms. The Balaban J connectivity index is 3.18. The van der Waals surface area contributed by atoms with Crippen molar-refractivity contribution in [1.82, 2.24) is 5.32 Å². The standard InChI is InChI=1S/C14H22N4O2/c1-3-4-7-18(9-13(16)19)12-8-10(15)5-6-11(12)14(20)17-2/h5-6,8H,3-4,7,9,15H2,1-2H3,(H2,16,19)(H,17,20). The molecule has 0 aliphatic carbocycles. The number of nitrogens with two attached hydrogens (primary N) is 2. The van der Waals surface area contributed by atoms with E-state index in [1.165, 1.54) is 0 Å². The fraction of sp³-hybridized carbons (Fsp3) is 0.429. The molecular weight excluding hydrogens is 256 g/mol. The van der Waals surface area contributed by atoms with Crippen molar-refractivity contribution >= 4 is 23.2 Å². The van der Waals surface area contributed by atoms with Crippen LogP contribution in [0.3, 0.4) is 0 Å². The third kappa shape index (κ3) is 4.15.